The Labute approximate surface area is 102 Å². The lowest BCUT2D eigenvalue weighted by Gasteiger charge is -2.12. The molecule has 0 fully saturated rings. The summed E-state index contributed by atoms with van der Waals surface area (Å²) in [6, 6.07) is 1.87. The predicted octanol–water partition coefficient (Wildman–Crippen LogP) is 4.16. The van der Waals surface area contributed by atoms with Gasteiger partial charge < -0.3 is 4.74 Å². The first-order valence-corrected chi connectivity index (χ1v) is 6.78. The molecule has 1 unspecified atom stereocenters. The lowest BCUT2D eigenvalue weighted by atomic mass is 9.94. The maximum Gasteiger partial charge on any atom is 0.179 e. The van der Waals surface area contributed by atoms with Gasteiger partial charge >= 0.3 is 0 Å². The molecule has 1 heterocycles. The van der Waals surface area contributed by atoms with E-state index in [-0.39, 0.29) is 11.7 Å². The van der Waals surface area contributed by atoms with Crippen LogP contribution in [0.3, 0.4) is 0 Å². The molecule has 2 nitrogen and oxygen atoms in total. The summed E-state index contributed by atoms with van der Waals surface area (Å²) < 4.78 is 5.20. The maximum absolute atomic E-state index is 12.3. The topological polar surface area (TPSA) is 26.3 Å². The maximum atomic E-state index is 12.3. The van der Waals surface area contributed by atoms with Crippen molar-refractivity contribution in [3.05, 3.63) is 16.3 Å². The molecule has 3 heteroatoms. The molecule has 0 amide bonds. The van der Waals surface area contributed by atoms with Crippen LogP contribution in [0.25, 0.3) is 0 Å². The summed E-state index contributed by atoms with van der Waals surface area (Å²) in [5.41, 5.74) is 0. The zero-order valence-corrected chi connectivity index (χ0v) is 11.1. The number of carbonyl (C=O) groups is 1. The minimum absolute atomic E-state index is 0.160. The fourth-order valence-corrected chi connectivity index (χ4v) is 2.67. The lowest BCUT2D eigenvalue weighted by Crippen LogP contribution is -2.13. The molecule has 0 bridgehead atoms. The van der Waals surface area contributed by atoms with Crippen LogP contribution in [0, 0.1) is 5.92 Å². The van der Waals surface area contributed by atoms with E-state index in [1.807, 2.05) is 11.4 Å². The van der Waals surface area contributed by atoms with Crippen LogP contribution in [0.15, 0.2) is 11.4 Å². The average Bonchev–Trinajstić information content (AvgIpc) is 2.77. The van der Waals surface area contributed by atoms with E-state index in [1.54, 1.807) is 7.11 Å². The van der Waals surface area contributed by atoms with Crippen LogP contribution < -0.4 is 4.74 Å². The highest BCUT2D eigenvalue weighted by Gasteiger charge is 2.22. The van der Waals surface area contributed by atoms with Crippen molar-refractivity contribution in [1.82, 2.24) is 0 Å². The summed E-state index contributed by atoms with van der Waals surface area (Å²) in [7, 11) is 1.62. The van der Waals surface area contributed by atoms with Gasteiger partial charge in [-0.2, -0.15) is 0 Å². The van der Waals surface area contributed by atoms with Gasteiger partial charge in [0.15, 0.2) is 5.78 Å². The molecule has 1 aromatic rings. The number of thiophene rings is 1. The van der Waals surface area contributed by atoms with Gasteiger partial charge in [0, 0.05) is 5.92 Å². The molecule has 0 radical (unpaired) electrons. The number of methoxy groups -OCH3 is 1. The predicted molar refractivity (Wildman–Crippen MR) is 68.5 cm³/mol. The Bertz CT molecular complexity index is 330. The zero-order chi connectivity index (χ0) is 12.0. The van der Waals surface area contributed by atoms with E-state index in [4.69, 9.17) is 4.74 Å². The first-order chi connectivity index (χ1) is 7.74. The molecule has 0 aromatic carbocycles. The van der Waals surface area contributed by atoms with Gasteiger partial charge in [0.05, 0.1) is 7.11 Å². The van der Waals surface area contributed by atoms with E-state index >= 15 is 0 Å². The molecule has 0 aliphatic carbocycles. The minimum atomic E-state index is 0.160. The van der Waals surface area contributed by atoms with Crippen molar-refractivity contribution in [3.63, 3.8) is 0 Å². The van der Waals surface area contributed by atoms with Crippen LogP contribution in [-0.4, -0.2) is 12.9 Å². The number of hydrogen-bond donors (Lipinski definition) is 0. The molecular weight excluding hydrogens is 220 g/mol. The van der Waals surface area contributed by atoms with Crippen molar-refractivity contribution < 1.29 is 9.53 Å². The summed E-state index contributed by atoms with van der Waals surface area (Å²) in [6.07, 6.45) is 4.18. The highest BCUT2D eigenvalue weighted by Crippen LogP contribution is 2.29. The second-order valence-corrected chi connectivity index (χ2v) is 4.85. The third-order valence-electron chi connectivity index (χ3n) is 2.84. The number of ketones is 1. The van der Waals surface area contributed by atoms with E-state index in [0.717, 1.165) is 36.3 Å². The summed E-state index contributed by atoms with van der Waals surface area (Å²) in [5.74, 6) is 1.14. The fourth-order valence-electron chi connectivity index (χ4n) is 1.79. The fraction of sp³-hybridized carbons (Fsp3) is 0.615. The molecule has 0 N–H and O–H groups in total. The van der Waals surface area contributed by atoms with E-state index in [1.165, 1.54) is 11.3 Å². The number of ether oxygens (including phenoxy) is 1. The monoisotopic (exact) mass is 240 g/mol. The van der Waals surface area contributed by atoms with Crippen molar-refractivity contribution in [1.29, 1.82) is 0 Å². The van der Waals surface area contributed by atoms with E-state index < -0.39 is 0 Å². The molecule has 0 saturated carbocycles. The van der Waals surface area contributed by atoms with Gasteiger partial charge in [0.1, 0.15) is 10.6 Å². The second-order valence-electron chi connectivity index (χ2n) is 3.93. The van der Waals surface area contributed by atoms with Gasteiger partial charge in [0.2, 0.25) is 0 Å². The Balaban J connectivity index is 2.74. The number of carbonyl (C=O) groups excluding carboxylic acids is 1. The highest BCUT2D eigenvalue weighted by atomic mass is 32.1. The van der Waals surface area contributed by atoms with Crippen molar-refractivity contribution in [2.45, 2.75) is 39.5 Å². The molecule has 0 spiro atoms. The third-order valence-corrected chi connectivity index (χ3v) is 3.75. The second kappa shape index (κ2) is 6.69. The molecule has 1 atom stereocenters. The van der Waals surface area contributed by atoms with Crippen LogP contribution in [0.4, 0.5) is 0 Å². The molecule has 90 valence electrons. The van der Waals surface area contributed by atoms with Crippen LogP contribution in [0.2, 0.25) is 0 Å². The van der Waals surface area contributed by atoms with Gasteiger partial charge in [0.25, 0.3) is 0 Å². The minimum Gasteiger partial charge on any atom is -0.495 e. The molecular formula is C13H20O2S. The zero-order valence-electron chi connectivity index (χ0n) is 10.3. The van der Waals surface area contributed by atoms with Crippen LogP contribution >= 0.6 is 11.3 Å². The van der Waals surface area contributed by atoms with Gasteiger partial charge in [-0.05, 0) is 24.3 Å². The molecule has 16 heavy (non-hydrogen) atoms. The van der Waals surface area contributed by atoms with Gasteiger partial charge in [-0.25, -0.2) is 0 Å². The Morgan fingerprint density at radius 1 is 1.50 bits per heavy atom. The standard InChI is InChI=1S/C13H20O2S/c1-4-6-7-10(5-2)12(14)13-11(15-3)8-9-16-13/h8-10H,4-7H2,1-3H3. The molecule has 0 saturated heterocycles. The SMILES string of the molecule is CCCCC(CC)C(=O)c1sccc1OC. The summed E-state index contributed by atoms with van der Waals surface area (Å²) in [5, 5.41) is 1.92. The van der Waals surface area contributed by atoms with Crippen LogP contribution in [0.5, 0.6) is 5.75 Å². The number of hydrogen-bond acceptors (Lipinski definition) is 3. The van der Waals surface area contributed by atoms with E-state index in [9.17, 15) is 4.79 Å². The molecule has 1 aromatic heterocycles. The quantitative estimate of drug-likeness (QED) is 0.669. The number of rotatable bonds is 7. The summed E-state index contributed by atoms with van der Waals surface area (Å²) in [4.78, 5) is 13.0. The van der Waals surface area contributed by atoms with Crippen LogP contribution in [-0.2, 0) is 0 Å². The molecule has 0 aliphatic rings. The molecule has 1 rings (SSSR count). The first kappa shape index (κ1) is 13.2. The van der Waals surface area contributed by atoms with E-state index in [0.29, 0.717) is 0 Å². The Kier molecular flexibility index (Phi) is 5.53. The average molecular weight is 240 g/mol. The number of Topliss-reactive ketones (excluding diaryl/α,β-unsaturated/α-hetero) is 1. The van der Waals surface area contributed by atoms with Crippen molar-refractivity contribution in [2.24, 2.45) is 5.92 Å². The first-order valence-electron chi connectivity index (χ1n) is 5.90. The van der Waals surface area contributed by atoms with Crippen molar-refractivity contribution >= 4 is 17.1 Å². The van der Waals surface area contributed by atoms with E-state index in [2.05, 4.69) is 13.8 Å². The van der Waals surface area contributed by atoms with Crippen LogP contribution in [0.1, 0.15) is 49.2 Å². The van der Waals surface area contributed by atoms with Crippen molar-refractivity contribution in [3.8, 4) is 5.75 Å². The summed E-state index contributed by atoms with van der Waals surface area (Å²) in [6.45, 7) is 4.24. The molecule has 0 aliphatic heterocycles. The van der Waals surface area contributed by atoms with Crippen molar-refractivity contribution in [2.75, 3.05) is 7.11 Å². The lowest BCUT2D eigenvalue weighted by molar-refractivity contribution is 0.0909. The van der Waals surface area contributed by atoms with Gasteiger partial charge in [-0.1, -0.05) is 26.7 Å². The smallest absolute Gasteiger partial charge is 0.179 e. The number of unbranched alkanes of at least 4 members (excludes halogenated alkanes) is 1. The highest BCUT2D eigenvalue weighted by molar-refractivity contribution is 7.12. The Hall–Kier alpha value is -0.830. The normalized spacial score (nSPS) is 12.4. The largest absolute Gasteiger partial charge is 0.495 e. The summed E-state index contributed by atoms with van der Waals surface area (Å²) >= 11 is 1.48. The van der Waals surface area contributed by atoms with Gasteiger partial charge in [-0.15, -0.1) is 11.3 Å². The Morgan fingerprint density at radius 3 is 2.81 bits per heavy atom. The Morgan fingerprint density at radius 2 is 2.25 bits per heavy atom. The third kappa shape index (κ3) is 3.08. The van der Waals surface area contributed by atoms with Gasteiger partial charge in [-0.3, -0.25) is 4.79 Å².